The van der Waals surface area contributed by atoms with Gasteiger partial charge in [-0.15, -0.1) is 0 Å². The summed E-state index contributed by atoms with van der Waals surface area (Å²) in [6.45, 7) is 5.39. The molecule has 0 bridgehead atoms. The standard InChI is InChI=1S/C23H25ClN2O3/c1-4-26(11-12-28-2)15-18-13-21(25-22-14-19(24)9-10-20(18)22)16-5-7-17(8-6-16)23(27)29-3/h5-10,13-14H,4,11-12,15H2,1-3H3. The average molecular weight is 413 g/mol. The Kier molecular flexibility index (Phi) is 7.20. The number of fused-ring (bicyclic) bond motifs is 1. The highest BCUT2D eigenvalue weighted by Crippen LogP contribution is 2.28. The van der Waals surface area contributed by atoms with Crippen molar-refractivity contribution < 1.29 is 14.3 Å². The zero-order valence-electron chi connectivity index (χ0n) is 16.9. The Morgan fingerprint density at radius 3 is 2.52 bits per heavy atom. The molecule has 0 spiro atoms. The molecule has 1 heterocycles. The number of hydrogen-bond donors (Lipinski definition) is 0. The van der Waals surface area contributed by atoms with Crippen LogP contribution < -0.4 is 0 Å². The van der Waals surface area contributed by atoms with E-state index in [1.54, 1.807) is 19.2 Å². The summed E-state index contributed by atoms with van der Waals surface area (Å²) in [6, 6.07) is 15.2. The lowest BCUT2D eigenvalue weighted by Crippen LogP contribution is -2.26. The van der Waals surface area contributed by atoms with Crippen molar-refractivity contribution >= 4 is 28.5 Å². The summed E-state index contributed by atoms with van der Waals surface area (Å²) in [5.41, 5.74) is 4.31. The molecule has 29 heavy (non-hydrogen) atoms. The summed E-state index contributed by atoms with van der Waals surface area (Å²) in [5.74, 6) is -0.354. The second kappa shape index (κ2) is 9.83. The minimum absolute atomic E-state index is 0.354. The first kappa shape index (κ1) is 21.2. The Morgan fingerprint density at radius 2 is 1.86 bits per heavy atom. The third kappa shape index (κ3) is 5.12. The fourth-order valence-electron chi connectivity index (χ4n) is 3.26. The van der Waals surface area contributed by atoms with Gasteiger partial charge in [0, 0.05) is 36.2 Å². The second-order valence-corrected chi connectivity index (χ2v) is 7.20. The Morgan fingerprint density at radius 1 is 1.10 bits per heavy atom. The van der Waals surface area contributed by atoms with Gasteiger partial charge >= 0.3 is 5.97 Å². The zero-order chi connectivity index (χ0) is 20.8. The first-order chi connectivity index (χ1) is 14.0. The van der Waals surface area contributed by atoms with E-state index in [-0.39, 0.29) is 5.97 Å². The maximum absolute atomic E-state index is 11.7. The highest BCUT2D eigenvalue weighted by Gasteiger charge is 2.12. The predicted molar refractivity (Wildman–Crippen MR) is 116 cm³/mol. The molecule has 6 heteroatoms. The SMILES string of the molecule is CCN(CCOC)Cc1cc(-c2ccc(C(=O)OC)cc2)nc2cc(Cl)ccc12. The highest BCUT2D eigenvalue weighted by molar-refractivity contribution is 6.31. The molecule has 3 aromatic rings. The van der Waals surface area contributed by atoms with E-state index in [0.29, 0.717) is 17.2 Å². The number of halogens is 1. The number of methoxy groups -OCH3 is 2. The van der Waals surface area contributed by atoms with Gasteiger partial charge in [-0.2, -0.15) is 0 Å². The average Bonchev–Trinajstić information content (AvgIpc) is 2.75. The lowest BCUT2D eigenvalue weighted by atomic mass is 10.0. The van der Waals surface area contributed by atoms with Crippen LogP contribution in [-0.4, -0.2) is 49.8 Å². The summed E-state index contributed by atoms with van der Waals surface area (Å²) in [5, 5.41) is 1.74. The molecule has 0 aliphatic heterocycles. The smallest absolute Gasteiger partial charge is 0.337 e. The number of benzene rings is 2. The first-order valence-electron chi connectivity index (χ1n) is 9.55. The molecule has 0 aliphatic carbocycles. The number of likely N-dealkylation sites (N-methyl/N-ethyl adjacent to an activating group) is 1. The third-order valence-electron chi connectivity index (χ3n) is 4.91. The van der Waals surface area contributed by atoms with Gasteiger partial charge in [-0.3, -0.25) is 4.90 Å². The van der Waals surface area contributed by atoms with E-state index < -0.39 is 0 Å². The van der Waals surface area contributed by atoms with E-state index >= 15 is 0 Å². The van der Waals surface area contributed by atoms with E-state index in [4.69, 9.17) is 26.1 Å². The number of aromatic nitrogens is 1. The molecule has 5 nitrogen and oxygen atoms in total. The number of esters is 1. The molecular weight excluding hydrogens is 388 g/mol. The fraction of sp³-hybridized carbons (Fsp3) is 0.304. The van der Waals surface area contributed by atoms with Gasteiger partial charge in [-0.25, -0.2) is 9.78 Å². The molecule has 1 aromatic heterocycles. The van der Waals surface area contributed by atoms with Crippen molar-refractivity contribution in [3.05, 3.63) is 64.7 Å². The van der Waals surface area contributed by atoms with Crippen LogP contribution in [0.4, 0.5) is 0 Å². The summed E-state index contributed by atoms with van der Waals surface area (Å²) >= 11 is 6.22. The van der Waals surface area contributed by atoms with Crippen LogP contribution >= 0.6 is 11.6 Å². The second-order valence-electron chi connectivity index (χ2n) is 6.76. The Labute approximate surface area is 176 Å². The van der Waals surface area contributed by atoms with Crippen molar-refractivity contribution in [2.45, 2.75) is 13.5 Å². The van der Waals surface area contributed by atoms with Crippen LogP contribution in [0.25, 0.3) is 22.2 Å². The Bertz CT molecular complexity index is 989. The highest BCUT2D eigenvalue weighted by atomic mass is 35.5. The topological polar surface area (TPSA) is 51.7 Å². The van der Waals surface area contributed by atoms with Crippen LogP contribution in [-0.2, 0) is 16.0 Å². The lowest BCUT2D eigenvalue weighted by molar-refractivity contribution is 0.0601. The number of pyridine rings is 1. The lowest BCUT2D eigenvalue weighted by Gasteiger charge is -2.21. The number of ether oxygens (including phenoxy) is 2. The van der Waals surface area contributed by atoms with E-state index in [9.17, 15) is 4.79 Å². The maximum atomic E-state index is 11.7. The predicted octanol–water partition coefficient (Wildman–Crippen LogP) is 4.81. The molecule has 0 saturated carbocycles. The van der Waals surface area contributed by atoms with Crippen LogP contribution in [0.1, 0.15) is 22.8 Å². The number of rotatable bonds is 8. The number of nitrogens with zero attached hydrogens (tertiary/aromatic N) is 2. The zero-order valence-corrected chi connectivity index (χ0v) is 17.7. The molecule has 0 fully saturated rings. The monoisotopic (exact) mass is 412 g/mol. The molecule has 0 N–H and O–H groups in total. The van der Waals surface area contributed by atoms with E-state index in [0.717, 1.165) is 41.8 Å². The van der Waals surface area contributed by atoms with Gasteiger partial charge in [0.05, 0.1) is 30.5 Å². The third-order valence-corrected chi connectivity index (χ3v) is 5.15. The van der Waals surface area contributed by atoms with Gasteiger partial charge < -0.3 is 9.47 Å². The summed E-state index contributed by atoms with van der Waals surface area (Å²) in [7, 11) is 3.09. The Balaban J connectivity index is 2.02. The Hall–Kier alpha value is -2.47. The van der Waals surface area contributed by atoms with Crippen molar-refractivity contribution in [3.63, 3.8) is 0 Å². The van der Waals surface area contributed by atoms with Crippen molar-refractivity contribution in [3.8, 4) is 11.3 Å². The number of hydrogen-bond acceptors (Lipinski definition) is 5. The van der Waals surface area contributed by atoms with Gasteiger partial charge in [0.15, 0.2) is 0 Å². The fourth-order valence-corrected chi connectivity index (χ4v) is 3.42. The molecule has 0 aliphatic rings. The molecule has 3 rings (SSSR count). The molecule has 152 valence electrons. The molecule has 0 unspecified atom stereocenters. The molecule has 0 saturated heterocycles. The molecule has 0 radical (unpaired) electrons. The van der Waals surface area contributed by atoms with Crippen LogP contribution in [0.5, 0.6) is 0 Å². The van der Waals surface area contributed by atoms with E-state index in [1.165, 1.54) is 12.7 Å². The van der Waals surface area contributed by atoms with Gasteiger partial charge in [-0.05, 0) is 42.4 Å². The van der Waals surface area contributed by atoms with Crippen LogP contribution in [0.3, 0.4) is 0 Å². The van der Waals surface area contributed by atoms with Crippen molar-refractivity contribution in [2.75, 3.05) is 33.9 Å². The number of carbonyl (C=O) groups excluding carboxylic acids is 1. The van der Waals surface area contributed by atoms with E-state index in [1.807, 2.05) is 30.3 Å². The van der Waals surface area contributed by atoms with Gasteiger partial charge in [0.1, 0.15) is 0 Å². The minimum atomic E-state index is -0.354. The molecule has 0 amide bonds. The van der Waals surface area contributed by atoms with Crippen molar-refractivity contribution in [1.82, 2.24) is 9.88 Å². The van der Waals surface area contributed by atoms with Crippen molar-refractivity contribution in [2.24, 2.45) is 0 Å². The molecular formula is C23H25ClN2O3. The van der Waals surface area contributed by atoms with Crippen LogP contribution in [0.15, 0.2) is 48.5 Å². The molecule has 0 atom stereocenters. The van der Waals surface area contributed by atoms with Crippen LogP contribution in [0, 0.1) is 0 Å². The van der Waals surface area contributed by atoms with Crippen LogP contribution in [0.2, 0.25) is 5.02 Å². The first-order valence-corrected chi connectivity index (χ1v) is 9.92. The normalized spacial score (nSPS) is 11.2. The number of carbonyl (C=O) groups is 1. The van der Waals surface area contributed by atoms with Gasteiger partial charge in [-0.1, -0.05) is 36.7 Å². The largest absolute Gasteiger partial charge is 0.465 e. The molecule has 2 aromatic carbocycles. The quantitative estimate of drug-likeness (QED) is 0.497. The minimum Gasteiger partial charge on any atom is -0.465 e. The summed E-state index contributed by atoms with van der Waals surface area (Å²) < 4.78 is 10.0. The summed E-state index contributed by atoms with van der Waals surface area (Å²) in [4.78, 5) is 18.8. The summed E-state index contributed by atoms with van der Waals surface area (Å²) in [6.07, 6.45) is 0. The maximum Gasteiger partial charge on any atom is 0.337 e. The van der Waals surface area contributed by atoms with E-state index in [2.05, 4.69) is 17.9 Å². The van der Waals surface area contributed by atoms with Crippen molar-refractivity contribution in [1.29, 1.82) is 0 Å². The van der Waals surface area contributed by atoms with Gasteiger partial charge in [0.25, 0.3) is 0 Å². The van der Waals surface area contributed by atoms with Gasteiger partial charge in [0.2, 0.25) is 0 Å².